The number of rotatable bonds is 6. The van der Waals surface area contributed by atoms with E-state index < -0.39 is 5.82 Å². The molecule has 3 N–H and O–H groups in total. The average molecular weight is 451 g/mol. The Labute approximate surface area is 191 Å². The quantitative estimate of drug-likeness (QED) is 0.407. The van der Waals surface area contributed by atoms with Crippen LogP contribution in [0, 0.1) is 19.7 Å². The third-order valence-electron chi connectivity index (χ3n) is 5.84. The lowest BCUT2D eigenvalue weighted by molar-refractivity contribution is 0.270. The highest BCUT2D eigenvalue weighted by Crippen LogP contribution is 2.31. The Kier molecular flexibility index (Phi) is 5.59. The number of anilines is 3. The first-order chi connectivity index (χ1) is 16.0. The molecule has 10 heteroatoms. The molecule has 1 fully saturated rings. The molecule has 0 amide bonds. The Hall–Kier alpha value is -3.66. The van der Waals surface area contributed by atoms with Crippen molar-refractivity contribution < 1.29 is 9.13 Å². The van der Waals surface area contributed by atoms with Gasteiger partial charge in [-0.3, -0.25) is 5.10 Å². The molecule has 1 aliphatic heterocycles. The number of likely N-dealkylation sites (N-methyl/N-ethyl adjacent to an activating group) is 1. The monoisotopic (exact) mass is 450 g/mol. The molecule has 0 radical (unpaired) electrons. The number of benzene rings is 1. The van der Waals surface area contributed by atoms with E-state index in [4.69, 9.17) is 4.74 Å². The average Bonchev–Trinajstić information content (AvgIpc) is 3.40. The second kappa shape index (κ2) is 8.70. The zero-order valence-corrected chi connectivity index (χ0v) is 18.9. The summed E-state index contributed by atoms with van der Waals surface area (Å²) in [5.41, 5.74) is 2.53. The smallest absolute Gasteiger partial charge is 0.326 e. The molecule has 4 aromatic rings. The fraction of sp³-hybridized carbons (Fsp3) is 0.348. The molecule has 0 aliphatic carbocycles. The molecule has 0 unspecified atom stereocenters. The molecule has 0 atom stereocenters. The van der Waals surface area contributed by atoms with E-state index in [0.717, 1.165) is 55.4 Å². The maximum atomic E-state index is 15.1. The van der Waals surface area contributed by atoms with Gasteiger partial charge >= 0.3 is 6.01 Å². The van der Waals surface area contributed by atoms with Gasteiger partial charge in [0.25, 0.3) is 0 Å². The largest absolute Gasteiger partial charge is 0.421 e. The van der Waals surface area contributed by atoms with Crippen LogP contribution in [0.5, 0.6) is 11.8 Å². The number of aromatic nitrogens is 5. The molecular formula is C23H27FN8O. The van der Waals surface area contributed by atoms with Crippen molar-refractivity contribution in [2.75, 3.05) is 42.9 Å². The summed E-state index contributed by atoms with van der Waals surface area (Å²) in [6, 6.07) is 8.96. The van der Waals surface area contributed by atoms with E-state index in [2.05, 4.69) is 47.2 Å². The van der Waals surface area contributed by atoms with Crippen LogP contribution >= 0.6 is 0 Å². The van der Waals surface area contributed by atoms with Crippen LogP contribution in [0.3, 0.4) is 0 Å². The van der Waals surface area contributed by atoms with Crippen LogP contribution in [0.1, 0.15) is 18.3 Å². The number of aromatic amines is 2. The van der Waals surface area contributed by atoms with Crippen LogP contribution in [0.25, 0.3) is 10.9 Å². The third-order valence-corrected chi connectivity index (χ3v) is 5.84. The van der Waals surface area contributed by atoms with Crippen molar-refractivity contribution in [1.82, 2.24) is 30.0 Å². The molecule has 5 rings (SSSR count). The van der Waals surface area contributed by atoms with Gasteiger partial charge in [0.05, 0.1) is 0 Å². The number of piperazine rings is 1. The fourth-order valence-electron chi connectivity index (χ4n) is 4.06. The van der Waals surface area contributed by atoms with E-state index in [9.17, 15) is 0 Å². The molecule has 9 nitrogen and oxygen atoms in total. The number of H-pyrrole nitrogens is 2. The number of aryl methyl sites for hydroxylation is 2. The standard InChI is InChI=1S/C23H27FN8O/c1-4-31-7-9-32(10-8-31)21-13-19(26-20-12-15(3)29-30-20)27-23(28-21)33-18-6-5-17-16(22(18)24)11-14(2)25-17/h5-6,11-13,25H,4,7-10H2,1-3H3,(H2,26,27,28,29,30). The van der Waals surface area contributed by atoms with Crippen molar-refractivity contribution in [2.24, 2.45) is 0 Å². The molecular weight excluding hydrogens is 423 g/mol. The molecule has 172 valence electrons. The minimum absolute atomic E-state index is 0.0747. The summed E-state index contributed by atoms with van der Waals surface area (Å²) < 4.78 is 21.0. The van der Waals surface area contributed by atoms with Crippen LogP contribution in [0.4, 0.5) is 21.8 Å². The minimum Gasteiger partial charge on any atom is -0.421 e. The summed E-state index contributed by atoms with van der Waals surface area (Å²) in [6.07, 6.45) is 0. The van der Waals surface area contributed by atoms with Gasteiger partial charge in [0.15, 0.2) is 17.4 Å². The lowest BCUT2D eigenvalue weighted by Crippen LogP contribution is -2.46. The zero-order chi connectivity index (χ0) is 22.9. The first-order valence-corrected chi connectivity index (χ1v) is 11.1. The lowest BCUT2D eigenvalue weighted by Gasteiger charge is -2.34. The first kappa shape index (κ1) is 21.2. The molecule has 1 saturated heterocycles. The van der Waals surface area contributed by atoms with Crippen LogP contribution < -0.4 is 15.0 Å². The summed E-state index contributed by atoms with van der Waals surface area (Å²) >= 11 is 0. The Bertz CT molecular complexity index is 1270. The van der Waals surface area contributed by atoms with Crippen LogP contribution in [-0.4, -0.2) is 62.8 Å². The van der Waals surface area contributed by atoms with Crippen molar-refractivity contribution in [2.45, 2.75) is 20.8 Å². The van der Waals surface area contributed by atoms with Crippen molar-refractivity contribution >= 4 is 28.4 Å². The van der Waals surface area contributed by atoms with Crippen LogP contribution in [0.2, 0.25) is 0 Å². The van der Waals surface area contributed by atoms with Gasteiger partial charge in [-0.2, -0.15) is 15.1 Å². The second-order valence-corrected chi connectivity index (χ2v) is 8.27. The molecule has 4 heterocycles. The van der Waals surface area contributed by atoms with Gasteiger partial charge in [-0.05, 0) is 38.6 Å². The van der Waals surface area contributed by atoms with Gasteiger partial charge in [-0.15, -0.1) is 0 Å². The van der Waals surface area contributed by atoms with E-state index in [0.29, 0.717) is 17.0 Å². The van der Waals surface area contributed by atoms with Crippen LogP contribution in [-0.2, 0) is 0 Å². The van der Waals surface area contributed by atoms with E-state index in [-0.39, 0.29) is 11.8 Å². The minimum atomic E-state index is -0.445. The van der Waals surface area contributed by atoms with Gasteiger partial charge in [0, 0.05) is 60.6 Å². The molecule has 0 spiro atoms. The van der Waals surface area contributed by atoms with Crippen molar-refractivity contribution in [3.8, 4) is 11.8 Å². The van der Waals surface area contributed by atoms with Gasteiger partial charge in [0.2, 0.25) is 0 Å². The number of hydrogen-bond acceptors (Lipinski definition) is 7. The van der Waals surface area contributed by atoms with Crippen molar-refractivity contribution in [3.63, 3.8) is 0 Å². The number of nitrogens with one attached hydrogen (secondary N) is 3. The topological polar surface area (TPSA) is 98.0 Å². The molecule has 0 saturated carbocycles. The third kappa shape index (κ3) is 4.47. The van der Waals surface area contributed by atoms with Gasteiger partial charge in [-0.25, -0.2) is 4.39 Å². The Balaban J connectivity index is 1.47. The maximum Gasteiger partial charge on any atom is 0.326 e. The molecule has 33 heavy (non-hydrogen) atoms. The van der Waals surface area contributed by atoms with Gasteiger partial charge in [-0.1, -0.05) is 6.92 Å². The molecule has 0 bridgehead atoms. The Morgan fingerprint density at radius 1 is 1.03 bits per heavy atom. The summed E-state index contributed by atoms with van der Waals surface area (Å²) in [5.74, 6) is 1.52. The highest BCUT2D eigenvalue weighted by molar-refractivity contribution is 5.82. The second-order valence-electron chi connectivity index (χ2n) is 8.27. The Morgan fingerprint density at radius 2 is 1.85 bits per heavy atom. The molecule has 1 aliphatic rings. The van der Waals surface area contributed by atoms with Crippen LogP contribution in [0.15, 0.2) is 30.3 Å². The number of nitrogens with zero attached hydrogens (tertiary/aromatic N) is 5. The zero-order valence-electron chi connectivity index (χ0n) is 18.9. The van der Waals surface area contributed by atoms with Gasteiger partial charge < -0.3 is 24.8 Å². The van der Waals surface area contributed by atoms with E-state index in [1.54, 1.807) is 18.2 Å². The predicted octanol–water partition coefficient (Wildman–Crippen LogP) is 4.11. The van der Waals surface area contributed by atoms with Crippen molar-refractivity contribution in [1.29, 1.82) is 0 Å². The number of ether oxygens (including phenoxy) is 1. The summed E-state index contributed by atoms with van der Waals surface area (Å²) in [7, 11) is 0. The van der Waals surface area contributed by atoms with Crippen molar-refractivity contribution in [3.05, 3.63) is 47.5 Å². The maximum absolute atomic E-state index is 15.1. The molecule has 1 aromatic carbocycles. The van der Waals surface area contributed by atoms with E-state index in [1.807, 2.05) is 26.0 Å². The van der Waals surface area contributed by atoms with E-state index in [1.165, 1.54) is 0 Å². The fourth-order valence-corrected chi connectivity index (χ4v) is 4.06. The number of hydrogen-bond donors (Lipinski definition) is 3. The van der Waals surface area contributed by atoms with E-state index >= 15 is 4.39 Å². The van der Waals surface area contributed by atoms with Gasteiger partial charge in [0.1, 0.15) is 11.6 Å². The summed E-state index contributed by atoms with van der Waals surface area (Å²) in [6.45, 7) is 10.6. The highest BCUT2D eigenvalue weighted by atomic mass is 19.1. The highest BCUT2D eigenvalue weighted by Gasteiger charge is 2.20. The summed E-state index contributed by atoms with van der Waals surface area (Å²) in [4.78, 5) is 16.8. The SMILES string of the molecule is CCN1CCN(c2cc(Nc3cc(C)[nH]n3)nc(Oc3ccc4[nH]c(C)cc4c3F)n2)CC1. The number of halogens is 1. The summed E-state index contributed by atoms with van der Waals surface area (Å²) in [5, 5.41) is 10.8. The Morgan fingerprint density at radius 3 is 2.58 bits per heavy atom. The lowest BCUT2D eigenvalue weighted by atomic mass is 10.2. The predicted molar refractivity (Wildman–Crippen MR) is 126 cm³/mol. The molecule has 3 aromatic heterocycles. The normalized spacial score (nSPS) is 14.7. The number of fused-ring (bicyclic) bond motifs is 1. The first-order valence-electron chi connectivity index (χ1n) is 11.1.